The minimum absolute atomic E-state index is 0.192. The Morgan fingerprint density at radius 2 is 1.94 bits per heavy atom. The lowest BCUT2D eigenvalue weighted by Gasteiger charge is -2.40. The van der Waals surface area contributed by atoms with Crippen LogP contribution in [0, 0.1) is 5.41 Å². The molecule has 1 aromatic carbocycles. The smallest absolute Gasteiger partial charge is 0.308 e. The van der Waals surface area contributed by atoms with E-state index in [-0.39, 0.29) is 38.0 Å². The van der Waals surface area contributed by atoms with Gasteiger partial charge in [0.05, 0.1) is 22.4 Å². The van der Waals surface area contributed by atoms with Crippen LogP contribution in [-0.2, 0) is 25.7 Å². The summed E-state index contributed by atoms with van der Waals surface area (Å²) < 4.78 is 11.1. The number of ether oxygens (including phenoxy) is 2. The van der Waals surface area contributed by atoms with Crippen molar-refractivity contribution >= 4 is 57.5 Å². The molecule has 0 saturated carbocycles. The van der Waals surface area contributed by atoms with Crippen LogP contribution in [0.3, 0.4) is 0 Å². The lowest BCUT2D eigenvalue weighted by molar-refractivity contribution is -0.158. The van der Waals surface area contributed by atoms with E-state index in [1.54, 1.807) is 24.0 Å². The largest absolute Gasteiger partial charge is 0.474 e. The third-order valence-corrected chi connectivity index (χ3v) is 7.04. The minimum Gasteiger partial charge on any atom is -0.474 e. The van der Waals surface area contributed by atoms with Crippen LogP contribution in [0.1, 0.15) is 24.5 Å². The average Bonchev–Trinajstić information content (AvgIpc) is 3.25. The van der Waals surface area contributed by atoms with E-state index >= 15 is 0 Å². The van der Waals surface area contributed by atoms with Crippen molar-refractivity contribution in [3.05, 3.63) is 51.9 Å². The van der Waals surface area contributed by atoms with Gasteiger partial charge < -0.3 is 19.3 Å². The first-order valence-corrected chi connectivity index (χ1v) is 13.1. The number of esters is 1. The van der Waals surface area contributed by atoms with Crippen molar-refractivity contribution in [2.24, 2.45) is 0 Å². The van der Waals surface area contributed by atoms with E-state index in [1.165, 1.54) is 28.0 Å². The molecule has 1 N–H and O–H groups in total. The normalized spacial score (nSPS) is 15.9. The molecule has 1 fully saturated rings. The zero-order chi connectivity index (χ0) is 24.7. The summed E-state index contributed by atoms with van der Waals surface area (Å²) in [5.74, 6) is -1.23. The van der Waals surface area contributed by atoms with Gasteiger partial charge in [-0.3, -0.25) is 19.8 Å². The molecule has 0 spiro atoms. The Balaban J connectivity index is 1.70. The molecule has 0 bridgehead atoms. The van der Waals surface area contributed by atoms with Gasteiger partial charge in [0.1, 0.15) is 6.04 Å². The van der Waals surface area contributed by atoms with Crippen LogP contribution in [0.15, 0.2) is 36.4 Å². The molecule has 1 aliphatic heterocycles. The van der Waals surface area contributed by atoms with Crippen molar-refractivity contribution in [3.8, 4) is 5.06 Å². The number of thioether (sulfide) groups is 1. The molecule has 1 atom stereocenters. The van der Waals surface area contributed by atoms with Crippen LogP contribution < -0.4 is 4.74 Å². The van der Waals surface area contributed by atoms with Crippen molar-refractivity contribution < 1.29 is 23.9 Å². The van der Waals surface area contributed by atoms with E-state index in [0.29, 0.717) is 27.5 Å². The predicted molar refractivity (Wildman–Crippen MR) is 134 cm³/mol. The van der Waals surface area contributed by atoms with Gasteiger partial charge in [-0.15, -0.1) is 11.8 Å². The highest BCUT2D eigenvalue weighted by Crippen LogP contribution is 2.28. The zero-order valence-electron chi connectivity index (χ0n) is 18.9. The molecular weight excluding hydrogens is 498 g/mol. The second-order valence-electron chi connectivity index (χ2n) is 7.45. The summed E-state index contributed by atoms with van der Waals surface area (Å²) in [6.07, 6.45) is 1.63. The molecule has 2 amide bonds. The van der Waals surface area contributed by atoms with E-state index in [9.17, 15) is 14.4 Å². The van der Waals surface area contributed by atoms with Crippen LogP contribution in [0.5, 0.6) is 5.06 Å². The fourth-order valence-electron chi connectivity index (χ4n) is 3.56. The number of carbonyl (C=O) groups excluding carboxylic acids is 3. The molecule has 1 unspecified atom stereocenters. The Kier molecular flexibility index (Phi) is 9.37. The quantitative estimate of drug-likeness (QED) is 0.306. The third kappa shape index (κ3) is 6.74. The first-order valence-electron chi connectivity index (χ1n) is 10.7. The monoisotopic (exact) mass is 523 g/mol. The fraction of sp³-hybridized carbons (Fsp3) is 0.391. The van der Waals surface area contributed by atoms with Crippen molar-refractivity contribution in [1.29, 1.82) is 5.41 Å². The first kappa shape index (κ1) is 26.1. The average molecular weight is 524 g/mol. The Labute approximate surface area is 211 Å². The van der Waals surface area contributed by atoms with E-state index in [0.717, 1.165) is 11.1 Å². The zero-order valence-corrected chi connectivity index (χ0v) is 21.3. The summed E-state index contributed by atoms with van der Waals surface area (Å²) in [6.45, 7) is 2.58. The highest BCUT2D eigenvalue weighted by atomic mass is 35.5. The molecule has 1 aromatic heterocycles. The summed E-state index contributed by atoms with van der Waals surface area (Å²) >= 11 is 8.46. The summed E-state index contributed by atoms with van der Waals surface area (Å²) in [5, 5.41) is 8.89. The second-order valence-corrected chi connectivity index (χ2v) is 9.94. The van der Waals surface area contributed by atoms with Crippen LogP contribution >= 0.6 is 34.7 Å². The lowest BCUT2D eigenvalue weighted by atomic mass is 10.1. The van der Waals surface area contributed by atoms with Crippen molar-refractivity contribution in [2.75, 3.05) is 32.6 Å². The van der Waals surface area contributed by atoms with E-state index in [1.807, 2.05) is 30.5 Å². The number of halogens is 1. The van der Waals surface area contributed by atoms with Crippen molar-refractivity contribution in [3.63, 3.8) is 0 Å². The molecule has 1 saturated heterocycles. The number of hydrogen-bond acceptors (Lipinski definition) is 8. The first-order chi connectivity index (χ1) is 16.3. The summed E-state index contributed by atoms with van der Waals surface area (Å²) in [6, 6.07) is 9.85. The summed E-state index contributed by atoms with van der Waals surface area (Å²) in [5.41, 5.74) is 1.71. The van der Waals surface area contributed by atoms with Gasteiger partial charge in [0.2, 0.25) is 5.91 Å². The number of rotatable bonds is 9. The number of amides is 2. The maximum absolute atomic E-state index is 13.3. The van der Waals surface area contributed by atoms with Crippen LogP contribution in [0.4, 0.5) is 0 Å². The van der Waals surface area contributed by atoms with Gasteiger partial charge >= 0.3 is 5.97 Å². The summed E-state index contributed by atoms with van der Waals surface area (Å²) in [7, 11) is 0. The molecule has 3 rings (SSSR count). The molecule has 0 aliphatic carbocycles. The molecule has 2 aromatic rings. The number of nitrogens with one attached hydrogen (secondary N) is 1. The maximum Gasteiger partial charge on any atom is 0.308 e. The number of hydrogen-bond donors (Lipinski definition) is 1. The SMILES string of the molecule is CCOC(=O)CC1C(=O)N(Cc2ccc(C(=N)SC)cc2)CCN1C(=O)COc1ccc(Cl)s1. The van der Waals surface area contributed by atoms with Gasteiger partial charge in [0.15, 0.2) is 11.7 Å². The number of carbonyl (C=O) groups is 3. The second kappa shape index (κ2) is 12.2. The van der Waals surface area contributed by atoms with Gasteiger partial charge in [-0.1, -0.05) is 47.2 Å². The van der Waals surface area contributed by atoms with Gasteiger partial charge in [-0.05, 0) is 30.9 Å². The number of nitrogens with zero attached hydrogens (tertiary/aromatic N) is 2. The Hall–Kier alpha value is -2.56. The summed E-state index contributed by atoms with van der Waals surface area (Å²) in [4.78, 5) is 41.5. The Bertz CT molecular complexity index is 1040. The molecule has 1 aliphatic rings. The van der Waals surface area contributed by atoms with Gasteiger partial charge in [0, 0.05) is 25.2 Å². The Morgan fingerprint density at radius 1 is 1.21 bits per heavy atom. The molecule has 34 heavy (non-hydrogen) atoms. The van der Waals surface area contributed by atoms with Crippen molar-refractivity contribution in [1.82, 2.24) is 9.80 Å². The van der Waals surface area contributed by atoms with Crippen molar-refractivity contribution in [2.45, 2.75) is 25.9 Å². The standard InChI is InChI=1S/C23H26ClN3O5S2/c1-3-31-20(29)12-17-23(30)26(13-15-4-6-16(7-5-15)22(25)33-2)10-11-27(17)19(28)14-32-21-9-8-18(24)34-21/h4-9,17,25H,3,10-14H2,1-2H3. The predicted octanol–water partition coefficient (Wildman–Crippen LogP) is 3.66. The molecule has 11 heteroatoms. The maximum atomic E-state index is 13.3. The van der Waals surface area contributed by atoms with E-state index < -0.39 is 12.0 Å². The number of benzene rings is 1. The topological polar surface area (TPSA) is 100 Å². The molecule has 0 radical (unpaired) electrons. The molecule has 8 nitrogen and oxygen atoms in total. The third-order valence-electron chi connectivity index (χ3n) is 5.25. The lowest BCUT2D eigenvalue weighted by Crippen LogP contribution is -2.59. The van der Waals surface area contributed by atoms with E-state index in [4.69, 9.17) is 26.5 Å². The van der Waals surface area contributed by atoms with Crippen LogP contribution in [0.2, 0.25) is 4.34 Å². The van der Waals surface area contributed by atoms with Crippen LogP contribution in [-0.4, -0.2) is 71.2 Å². The van der Waals surface area contributed by atoms with Gasteiger partial charge in [0.25, 0.3) is 5.91 Å². The highest BCUT2D eigenvalue weighted by Gasteiger charge is 2.39. The highest BCUT2D eigenvalue weighted by molar-refractivity contribution is 8.13. The molecule has 2 heterocycles. The molecule has 182 valence electrons. The van der Waals surface area contributed by atoms with Gasteiger partial charge in [-0.25, -0.2) is 0 Å². The fourth-order valence-corrected chi connectivity index (χ4v) is 4.81. The minimum atomic E-state index is -0.959. The van der Waals surface area contributed by atoms with Crippen LogP contribution in [0.25, 0.3) is 0 Å². The Morgan fingerprint density at radius 3 is 2.56 bits per heavy atom. The van der Waals surface area contributed by atoms with Gasteiger partial charge in [-0.2, -0.15) is 0 Å². The van der Waals surface area contributed by atoms with E-state index in [2.05, 4.69) is 0 Å². The molecular formula is C23H26ClN3O5S2. The number of piperazine rings is 1. The number of thiophene rings is 1.